The van der Waals surface area contributed by atoms with E-state index in [9.17, 15) is 4.79 Å². The Balaban J connectivity index is 3.74. The maximum atomic E-state index is 11.2. The van der Waals surface area contributed by atoms with Crippen molar-refractivity contribution >= 4 is 5.91 Å². The molecule has 78 valence electrons. The average molecular weight is 188 g/mol. The van der Waals surface area contributed by atoms with Crippen molar-refractivity contribution in [2.24, 2.45) is 0 Å². The van der Waals surface area contributed by atoms with Crippen LogP contribution < -0.4 is 5.32 Å². The van der Waals surface area contributed by atoms with Gasteiger partial charge in [-0.25, -0.2) is 0 Å². The minimum Gasteiger partial charge on any atom is -0.395 e. The van der Waals surface area contributed by atoms with Crippen LogP contribution in [0.25, 0.3) is 0 Å². The summed E-state index contributed by atoms with van der Waals surface area (Å²) in [5.41, 5.74) is 0. The number of rotatable bonds is 5. The SMILES string of the molecule is CC(CC(=O)N(C)C)N[C@H](C)CO. The quantitative estimate of drug-likeness (QED) is 0.629. The first kappa shape index (κ1) is 12.4. The Kier molecular flexibility index (Phi) is 5.66. The fourth-order valence-electron chi connectivity index (χ4n) is 1.04. The predicted octanol–water partition coefficient (Wildman–Crippen LogP) is -0.176. The third kappa shape index (κ3) is 5.60. The van der Waals surface area contributed by atoms with Crippen LogP contribution in [0.15, 0.2) is 0 Å². The van der Waals surface area contributed by atoms with Crippen LogP contribution in [0.5, 0.6) is 0 Å². The second-order valence-electron chi connectivity index (χ2n) is 3.64. The number of aliphatic hydroxyl groups is 1. The number of aliphatic hydroxyl groups excluding tert-OH is 1. The first-order valence-electron chi connectivity index (χ1n) is 4.54. The molecule has 0 aromatic rings. The average Bonchev–Trinajstić information content (AvgIpc) is 2.03. The molecule has 0 spiro atoms. The molecule has 0 bridgehead atoms. The van der Waals surface area contributed by atoms with Gasteiger partial charge >= 0.3 is 0 Å². The standard InChI is InChI=1S/C9H20N2O2/c1-7(10-8(2)6-12)5-9(13)11(3)4/h7-8,10,12H,5-6H2,1-4H3/t7?,8-/m1/s1. The smallest absolute Gasteiger partial charge is 0.223 e. The van der Waals surface area contributed by atoms with E-state index in [1.807, 2.05) is 13.8 Å². The zero-order valence-corrected chi connectivity index (χ0v) is 8.87. The van der Waals surface area contributed by atoms with Crippen molar-refractivity contribution in [1.82, 2.24) is 10.2 Å². The van der Waals surface area contributed by atoms with E-state index < -0.39 is 0 Å². The fourth-order valence-corrected chi connectivity index (χ4v) is 1.04. The second-order valence-corrected chi connectivity index (χ2v) is 3.64. The van der Waals surface area contributed by atoms with Gasteiger partial charge in [-0.05, 0) is 13.8 Å². The van der Waals surface area contributed by atoms with Gasteiger partial charge in [0, 0.05) is 32.6 Å². The van der Waals surface area contributed by atoms with E-state index in [1.165, 1.54) is 0 Å². The topological polar surface area (TPSA) is 52.6 Å². The van der Waals surface area contributed by atoms with Gasteiger partial charge in [-0.3, -0.25) is 4.79 Å². The highest BCUT2D eigenvalue weighted by molar-refractivity contribution is 5.76. The summed E-state index contributed by atoms with van der Waals surface area (Å²) in [5, 5.41) is 11.9. The van der Waals surface area contributed by atoms with E-state index in [0.29, 0.717) is 6.42 Å². The second kappa shape index (κ2) is 5.94. The molecule has 2 atom stereocenters. The molecule has 2 N–H and O–H groups in total. The normalized spacial score (nSPS) is 15.2. The van der Waals surface area contributed by atoms with Gasteiger partial charge in [0.25, 0.3) is 0 Å². The van der Waals surface area contributed by atoms with Crippen molar-refractivity contribution in [1.29, 1.82) is 0 Å². The van der Waals surface area contributed by atoms with Crippen LogP contribution in [0, 0.1) is 0 Å². The summed E-state index contributed by atoms with van der Waals surface area (Å²) in [6.07, 6.45) is 0.470. The highest BCUT2D eigenvalue weighted by Crippen LogP contribution is 1.96. The lowest BCUT2D eigenvalue weighted by Gasteiger charge is -2.19. The largest absolute Gasteiger partial charge is 0.395 e. The van der Waals surface area contributed by atoms with E-state index in [1.54, 1.807) is 19.0 Å². The van der Waals surface area contributed by atoms with Crippen LogP contribution in [-0.2, 0) is 4.79 Å². The Bertz CT molecular complexity index is 160. The van der Waals surface area contributed by atoms with Gasteiger partial charge in [0.15, 0.2) is 0 Å². The fraction of sp³-hybridized carbons (Fsp3) is 0.889. The monoisotopic (exact) mass is 188 g/mol. The Hall–Kier alpha value is -0.610. The van der Waals surface area contributed by atoms with Crippen LogP contribution in [0.3, 0.4) is 0 Å². The maximum Gasteiger partial charge on any atom is 0.223 e. The van der Waals surface area contributed by atoms with E-state index >= 15 is 0 Å². The molecule has 0 fully saturated rings. The molecule has 0 aliphatic heterocycles. The Morgan fingerprint density at radius 2 is 1.92 bits per heavy atom. The molecule has 4 heteroatoms. The molecule has 4 nitrogen and oxygen atoms in total. The first-order chi connectivity index (χ1) is 5.97. The molecule has 0 aliphatic carbocycles. The molecule has 13 heavy (non-hydrogen) atoms. The zero-order chi connectivity index (χ0) is 10.4. The predicted molar refractivity (Wildman–Crippen MR) is 52.5 cm³/mol. The molecule has 1 amide bonds. The van der Waals surface area contributed by atoms with E-state index in [2.05, 4.69) is 5.32 Å². The number of carbonyl (C=O) groups is 1. The number of nitrogens with zero attached hydrogens (tertiary/aromatic N) is 1. The summed E-state index contributed by atoms with van der Waals surface area (Å²) in [5.74, 6) is 0.102. The van der Waals surface area contributed by atoms with Crippen LogP contribution in [0.1, 0.15) is 20.3 Å². The van der Waals surface area contributed by atoms with Gasteiger partial charge in [0.1, 0.15) is 0 Å². The van der Waals surface area contributed by atoms with Gasteiger partial charge < -0.3 is 15.3 Å². The van der Waals surface area contributed by atoms with Crippen molar-refractivity contribution in [2.45, 2.75) is 32.4 Å². The van der Waals surface area contributed by atoms with Crippen molar-refractivity contribution in [3.63, 3.8) is 0 Å². The summed E-state index contributed by atoms with van der Waals surface area (Å²) >= 11 is 0. The van der Waals surface area contributed by atoms with Crippen LogP contribution in [0.4, 0.5) is 0 Å². The Morgan fingerprint density at radius 3 is 2.31 bits per heavy atom. The molecular weight excluding hydrogens is 168 g/mol. The Labute approximate surface area is 79.9 Å². The zero-order valence-electron chi connectivity index (χ0n) is 8.87. The van der Waals surface area contributed by atoms with Crippen molar-refractivity contribution < 1.29 is 9.90 Å². The van der Waals surface area contributed by atoms with Gasteiger partial charge in [-0.2, -0.15) is 0 Å². The highest BCUT2D eigenvalue weighted by atomic mass is 16.3. The summed E-state index contributed by atoms with van der Waals surface area (Å²) in [4.78, 5) is 12.8. The van der Waals surface area contributed by atoms with E-state index in [-0.39, 0.29) is 24.6 Å². The summed E-state index contributed by atoms with van der Waals surface area (Å²) in [7, 11) is 3.48. The Morgan fingerprint density at radius 1 is 1.38 bits per heavy atom. The highest BCUT2D eigenvalue weighted by Gasteiger charge is 2.11. The molecule has 0 rings (SSSR count). The van der Waals surface area contributed by atoms with Crippen LogP contribution >= 0.6 is 0 Å². The molecule has 0 aromatic carbocycles. The third-order valence-electron chi connectivity index (χ3n) is 1.82. The molecule has 0 saturated carbocycles. The van der Waals surface area contributed by atoms with Crippen LogP contribution in [-0.4, -0.2) is 48.7 Å². The number of hydrogen-bond acceptors (Lipinski definition) is 3. The van der Waals surface area contributed by atoms with E-state index in [0.717, 1.165) is 0 Å². The number of nitrogens with one attached hydrogen (secondary N) is 1. The van der Waals surface area contributed by atoms with Gasteiger partial charge in [0.05, 0.1) is 6.61 Å². The first-order valence-corrected chi connectivity index (χ1v) is 4.54. The summed E-state index contributed by atoms with van der Waals surface area (Å²) in [6, 6.07) is 0.155. The van der Waals surface area contributed by atoms with Gasteiger partial charge in [-0.1, -0.05) is 0 Å². The lowest BCUT2D eigenvalue weighted by atomic mass is 10.2. The minimum atomic E-state index is 0.0463. The lowest BCUT2D eigenvalue weighted by Crippen LogP contribution is -2.39. The number of carbonyl (C=O) groups excluding carboxylic acids is 1. The van der Waals surface area contributed by atoms with Crippen LogP contribution in [0.2, 0.25) is 0 Å². The van der Waals surface area contributed by atoms with Crippen molar-refractivity contribution in [3.8, 4) is 0 Å². The number of amides is 1. The molecule has 0 aromatic heterocycles. The van der Waals surface area contributed by atoms with Crippen molar-refractivity contribution in [3.05, 3.63) is 0 Å². The third-order valence-corrected chi connectivity index (χ3v) is 1.82. The van der Waals surface area contributed by atoms with Gasteiger partial charge in [0.2, 0.25) is 5.91 Å². The molecular formula is C9H20N2O2. The maximum absolute atomic E-state index is 11.2. The lowest BCUT2D eigenvalue weighted by molar-refractivity contribution is -0.129. The molecule has 1 unspecified atom stereocenters. The van der Waals surface area contributed by atoms with E-state index in [4.69, 9.17) is 5.11 Å². The molecule has 0 saturated heterocycles. The molecule has 0 heterocycles. The number of hydrogen-bond donors (Lipinski definition) is 2. The summed E-state index contributed by atoms with van der Waals surface area (Å²) < 4.78 is 0. The molecule has 0 radical (unpaired) electrons. The summed E-state index contributed by atoms with van der Waals surface area (Å²) in [6.45, 7) is 3.92. The molecule has 0 aliphatic rings. The minimum absolute atomic E-state index is 0.0463. The van der Waals surface area contributed by atoms with Gasteiger partial charge in [-0.15, -0.1) is 0 Å². The van der Waals surface area contributed by atoms with Crippen molar-refractivity contribution in [2.75, 3.05) is 20.7 Å².